The molecule has 0 saturated carbocycles. The third-order valence-electron chi connectivity index (χ3n) is 12.7. The lowest BCUT2D eigenvalue weighted by molar-refractivity contribution is 1.18. The molecule has 0 aliphatic carbocycles. The van der Waals surface area contributed by atoms with Crippen LogP contribution in [0.1, 0.15) is 0 Å². The Balaban J connectivity index is 1.02. The predicted molar refractivity (Wildman–Crippen MR) is 272 cm³/mol. The van der Waals surface area contributed by atoms with Gasteiger partial charge in [-0.2, -0.15) is 0 Å². The van der Waals surface area contributed by atoms with Crippen molar-refractivity contribution in [3.05, 3.63) is 255 Å². The maximum absolute atomic E-state index is 2.46. The summed E-state index contributed by atoms with van der Waals surface area (Å²) in [5.41, 5.74) is 16.3. The van der Waals surface area contributed by atoms with E-state index in [4.69, 9.17) is 0 Å². The van der Waals surface area contributed by atoms with Crippen molar-refractivity contribution in [3.63, 3.8) is 0 Å². The zero-order chi connectivity index (χ0) is 42.4. The monoisotopic (exact) mass is 814 g/mol. The van der Waals surface area contributed by atoms with E-state index in [0.29, 0.717) is 0 Å². The lowest BCUT2D eigenvalue weighted by Crippen LogP contribution is -2.11. The van der Waals surface area contributed by atoms with Crippen molar-refractivity contribution in [2.75, 3.05) is 4.90 Å². The molecule has 0 amide bonds. The maximum Gasteiger partial charge on any atom is 0.0547 e. The van der Waals surface area contributed by atoms with Gasteiger partial charge in [0, 0.05) is 33.1 Å². The van der Waals surface area contributed by atoms with Crippen LogP contribution in [0.4, 0.5) is 17.1 Å². The fourth-order valence-corrected chi connectivity index (χ4v) is 9.67. The summed E-state index contributed by atoms with van der Waals surface area (Å²) in [6.45, 7) is 0. The summed E-state index contributed by atoms with van der Waals surface area (Å²) >= 11 is 0. The van der Waals surface area contributed by atoms with Crippen molar-refractivity contribution in [2.24, 2.45) is 0 Å². The van der Waals surface area contributed by atoms with Gasteiger partial charge >= 0.3 is 0 Å². The third-order valence-corrected chi connectivity index (χ3v) is 12.7. The molecule has 12 rings (SSSR count). The van der Waals surface area contributed by atoms with Gasteiger partial charge in [-0.1, -0.05) is 194 Å². The Kier molecular flexibility index (Phi) is 9.20. The number of para-hydroxylation sites is 2. The second-order valence-electron chi connectivity index (χ2n) is 16.5. The summed E-state index contributed by atoms with van der Waals surface area (Å²) in [5.74, 6) is 0. The van der Waals surface area contributed by atoms with Gasteiger partial charge < -0.3 is 9.47 Å². The van der Waals surface area contributed by atoms with Crippen LogP contribution in [0.5, 0.6) is 0 Å². The predicted octanol–water partition coefficient (Wildman–Crippen LogP) is 17.2. The molecule has 300 valence electrons. The number of hydrogen-bond acceptors (Lipinski definition) is 1. The molecule has 1 aromatic heterocycles. The van der Waals surface area contributed by atoms with Crippen molar-refractivity contribution in [2.45, 2.75) is 0 Å². The Bertz CT molecular complexity index is 3610. The first-order chi connectivity index (χ1) is 31.7. The van der Waals surface area contributed by atoms with Crippen LogP contribution in [0.2, 0.25) is 0 Å². The molecule has 0 spiro atoms. The van der Waals surface area contributed by atoms with E-state index in [1.807, 2.05) is 0 Å². The van der Waals surface area contributed by atoms with Gasteiger partial charge in [-0.15, -0.1) is 0 Å². The van der Waals surface area contributed by atoms with Crippen LogP contribution in [-0.2, 0) is 0 Å². The Morgan fingerprint density at radius 1 is 0.266 bits per heavy atom. The summed E-state index contributed by atoms with van der Waals surface area (Å²) < 4.78 is 2.46. The van der Waals surface area contributed by atoms with Crippen LogP contribution in [0, 0.1) is 0 Å². The topological polar surface area (TPSA) is 8.17 Å². The quantitative estimate of drug-likeness (QED) is 0.148. The number of rotatable bonds is 8. The summed E-state index contributed by atoms with van der Waals surface area (Å²) in [6, 6.07) is 92.9. The molecule has 0 fully saturated rings. The molecule has 2 nitrogen and oxygen atoms in total. The van der Waals surface area contributed by atoms with Gasteiger partial charge in [-0.05, 0) is 116 Å². The molecule has 12 aromatic rings. The van der Waals surface area contributed by atoms with Crippen LogP contribution in [0.3, 0.4) is 0 Å². The normalized spacial score (nSPS) is 11.4. The van der Waals surface area contributed by atoms with Crippen LogP contribution in [-0.4, -0.2) is 4.57 Å². The van der Waals surface area contributed by atoms with Gasteiger partial charge in [0.2, 0.25) is 0 Å². The van der Waals surface area contributed by atoms with Crippen LogP contribution in [0.25, 0.3) is 93.5 Å². The summed E-state index contributed by atoms with van der Waals surface area (Å²) in [4.78, 5) is 2.44. The average Bonchev–Trinajstić information content (AvgIpc) is 3.71. The van der Waals surface area contributed by atoms with Crippen LogP contribution in [0.15, 0.2) is 255 Å². The molecule has 1 heterocycles. The van der Waals surface area contributed by atoms with Crippen molar-refractivity contribution in [1.82, 2.24) is 4.57 Å². The molecular formula is C62H42N2. The number of hydrogen-bond donors (Lipinski definition) is 0. The Morgan fingerprint density at radius 3 is 1.61 bits per heavy atom. The molecule has 0 radical (unpaired) electrons. The molecule has 11 aromatic carbocycles. The minimum atomic E-state index is 1.11. The minimum absolute atomic E-state index is 1.11. The number of fused-ring (bicyclic) bond motifs is 5. The molecule has 0 unspecified atom stereocenters. The lowest BCUT2D eigenvalue weighted by Gasteiger charge is -2.29. The van der Waals surface area contributed by atoms with Gasteiger partial charge in [0.1, 0.15) is 0 Å². The van der Waals surface area contributed by atoms with Crippen molar-refractivity contribution in [1.29, 1.82) is 0 Å². The van der Waals surface area contributed by atoms with E-state index < -0.39 is 0 Å². The summed E-state index contributed by atoms with van der Waals surface area (Å²) in [6.07, 6.45) is 0. The van der Waals surface area contributed by atoms with Crippen LogP contribution >= 0.6 is 0 Å². The Hall–Kier alpha value is -8.46. The molecular weight excluding hydrogens is 773 g/mol. The molecule has 64 heavy (non-hydrogen) atoms. The van der Waals surface area contributed by atoms with Gasteiger partial charge in [-0.3, -0.25) is 0 Å². The molecule has 0 aliphatic rings. The molecule has 0 saturated heterocycles. The van der Waals surface area contributed by atoms with Crippen molar-refractivity contribution in [3.8, 4) is 50.2 Å². The number of nitrogens with zero attached hydrogens (tertiary/aromatic N) is 2. The zero-order valence-electron chi connectivity index (χ0n) is 35.1. The standard InChI is InChI=1S/C62H42N2/c1-3-17-43(18-4-1)51-38-52(44-19-5-2-6-20-44)41-54(40-51)64-61-31-14-12-29-57(61)58-36-34-49(42-62(58)64)47-25-15-26-50(37-47)56-28-11-13-30-59(56)63(53-35-33-45-21-7-8-23-48(45)39-53)60-32-16-24-46-22-9-10-27-55(46)60/h1-42H. The molecule has 0 N–H and O–H groups in total. The molecule has 2 heteroatoms. The largest absolute Gasteiger partial charge is 0.309 e. The van der Waals surface area contributed by atoms with Gasteiger partial charge in [0.25, 0.3) is 0 Å². The second kappa shape index (κ2) is 15.8. The summed E-state index contributed by atoms with van der Waals surface area (Å²) in [7, 11) is 0. The number of benzene rings is 11. The second-order valence-corrected chi connectivity index (χ2v) is 16.5. The van der Waals surface area contributed by atoms with Gasteiger partial charge in [0.05, 0.1) is 22.4 Å². The van der Waals surface area contributed by atoms with Crippen molar-refractivity contribution < 1.29 is 0 Å². The molecule has 0 atom stereocenters. The fraction of sp³-hybridized carbons (Fsp3) is 0. The van der Waals surface area contributed by atoms with Crippen LogP contribution < -0.4 is 4.90 Å². The zero-order valence-corrected chi connectivity index (χ0v) is 35.1. The first-order valence-electron chi connectivity index (χ1n) is 22.0. The molecule has 0 bridgehead atoms. The van der Waals surface area contributed by atoms with Gasteiger partial charge in [0.15, 0.2) is 0 Å². The fourth-order valence-electron chi connectivity index (χ4n) is 9.67. The highest BCUT2D eigenvalue weighted by molar-refractivity contribution is 6.10. The lowest BCUT2D eigenvalue weighted by atomic mass is 9.96. The SMILES string of the molecule is c1ccc(-c2cc(-c3ccccc3)cc(-n3c4ccccc4c4ccc(-c5cccc(-c6ccccc6N(c6ccc7ccccc7c6)c6cccc7ccccc67)c5)cc43)c2)cc1. The highest BCUT2D eigenvalue weighted by atomic mass is 15.1. The third kappa shape index (κ3) is 6.61. The smallest absolute Gasteiger partial charge is 0.0547 e. The highest BCUT2D eigenvalue weighted by Crippen LogP contribution is 2.45. The minimum Gasteiger partial charge on any atom is -0.309 e. The maximum atomic E-state index is 2.46. The average molecular weight is 815 g/mol. The van der Waals surface area contributed by atoms with Gasteiger partial charge in [-0.25, -0.2) is 0 Å². The van der Waals surface area contributed by atoms with E-state index in [0.717, 1.165) is 39.4 Å². The van der Waals surface area contributed by atoms with E-state index in [1.165, 1.54) is 71.2 Å². The first-order valence-corrected chi connectivity index (χ1v) is 22.0. The highest BCUT2D eigenvalue weighted by Gasteiger charge is 2.21. The number of aromatic nitrogens is 1. The Morgan fingerprint density at radius 2 is 0.812 bits per heavy atom. The van der Waals surface area contributed by atoms with E-state index in [9.17, 15) is 0 Å². The summed E-state index contributed by atoms with van der Waals surface area (Å²) in [5, 5.41) is 7.31. The Labute approximate surface area is 373 Å². The molecule has 0 aliphatic heterocycles. The first kappa shape index (κ1) is 37.3. The number of anilines is 3. The van der Waals surface area contributed by atoms with E-state index in [-0.39, 0.29) is 0 Å². The van der Waals surface area contributed by atoms with E-state index in [1.54, 1.807) is 0 Å². The van der Waals surface area contributed by atoms with E-state index >= 15 is 0 Å². The van der Waals surface area contributed by atoms with E-state index in [2.05, 4.69) is 264 Å². The van der Waals surface area contributed by atoms with Crippen molar-refractivity contribution >= 4 is 60.4 Å².